The number of hydrogen-bond acceptors (Lipinski definition) is 4. The second-order valence-corrected chi connectivity index (χ2v) is 1.36. The van der Waals surface area contributed by atoms with Crippen LogP contribution in [-0.4, -0.2) is 31.4 Å². The van der Waals surface area contributed by atoms with Gasteiger partial charge in [0.05, 0.1) is 0 Å². The molecule has 0 atom stereocenters. The number of nitrogens with zero attached hydrogens (tertiary/aromatic N) is 2. The van der Waals surface area contributed by atoms with Gasteiger partial charge in [0.25, 0.3) is 0 Å². The first-order chi connectivity index (χ1) is 6.66. The fourth-order valence-corrected chi connectivity index (χ4v) is 0. The standard InChI is InChI=1S/2C2H6N2.CHNS.CH3.Co.HNO2/c2*3-1-2-4;2-1-3;;;2-1-3/h2*3-4H,1-2H2;3H;1H3;;(H,2,3)/q2*-2;;-1;;/p-1. The van der Waals surface area contributed by atoms with E-state index in [0.29, 0.717) is 0 Å². The third-order valence-electron chi connectivity index (χ3n) is 0.250. The van der Waals surface area contributed by atoms with E-state index in [-0.39, 0.29) is 50.4 Å². The van der Waals surface area contributed by atoms with Gasteiger partial charge < -0.3 is 48.2 Å². The quantitative estimate of drug-likeness (QED) is 0.271. The first-order valence-corrected chi connectivity index (χ1v) is 3.63. The molecule has 0 heterocycles. The molecule has 0 aliphatic rings. The summed E-state index contributed by atoms with van der Waals surface area (Å²) in [6.45, 7) is 0.944. The van der Waals surface area contributed by atoms with Crippen LogP contribution in [0, 0.1) is 23.0 Å². The summed E-state index contributed by atoms with van der Waals surface area (Å²) in [5, 5.41) is 16.4. The van der Waals surface area contributed by atoms with Gasteiger partial charge in [-0.1, -0.05) is 5.40 Å². The number of rotatable bonds is 2. The molecule has 0 rings (SSSR count). The van der Waals surface area contributed by atoms with E-state index in [1.54, 1.807) is 0 Å². The molecule has 0 aliphatic heterocycles. The minimum absolute atomic E-state index is 0. The second kappa shape index (κ2) is 87.9. The van der Waals surface area contributed by atoms with E-state index in [1.807, 2.05) is 0 Å². The minimum atomic E-state index is 0. The molecule has 1 radical (unpaired) electrons. The topological polar surface area (TPSA) is 169 Å². The van der Waals surface area contributed by atoms with E-state index in [0.717, 1.165) is 0 Å². The zero-order valence-corrected chi connectivity index (χ0v) is 10.7. The Kier molecular flexibility index (Phi) is 198. The van der Waals surface area contributed by atoms with Crippen molar-refractivity contribution in [3.63, 3.8) is 0 Å². The molecule has 0 fully saturated rings. The molecule has 0 spiro atoms. The van der Waals surface area contributed by atoms with Crippen molar-refractivity contribution in [2.75, 3.05) is 26.2 Å². The third kappa shape index (κ3) is 984. The molecule has 10 heteroatoms. The van der Waals surface area contributed by atoms with Crippen molar-refractivity contribution < 1.29 is 22.0 Å². The Morgan fingerprint density at radius 2 is 1.19 bits per heavy atom. The molecular formula is C6H16CoN6O2S-6. The molecular weight excluding hydrogens is 279 g/mol. The van der Waals surface area contributed by atoms with Gasteiger partial charge in [-0.05, 0) is 0 Å². The molecule has 0 amide bonds. The van der Waals surface area contributed by atoms with E-state index in [1.165, 1.54) is 10.7 Å². The Morgan fingerprint density at radius 3 is 1.19 bits per heavy atom. The van der Waals surface area contributed by atoms with Crippen molar-refractivity contribution in [1.29, 1.82) is 5.26 Å². The van der Waals surface area contributed by atoms with Gasteiger partial charge in [-0.3, -0.25) is 0 Å². The predicted molar refractivity (Wildman–Crippen MR) is 63.7 cm³/mol. The maximum absolute atomic E-state index is 8.11. The molecule has 0 saturated carbocycles. The van der Waals surface area contributed by atoms with Gasteiger partial charge >= 0.3 is 0 Å². The Bertz CT molecular complexity index is 108. The minimum Gasteiger partial charge on any atom is -0.696 e. The number of nitrogens with one attached hydrogen (secondary N) is 4. The zero-order valence-electron chi connectivity index (χ0n) is 8.82. The van der Waals surface area contributed by atoms with Crippen LogP contribution < -0.4 is 0 Å². The smallest absolute Gasteiger partial charge is 0.152 e. The largest absolute Gasteiger partial charge is 0.696 e. The van der Waals surface area contributed by atoms with Gasteiger partial charge in [-0.15, -0.1) is 4.91 Å². The Hall–Kier alpha value is -0.544. The molecule has 0 bridgehead atoms. The van der Waals surface area contributed by atoms with Crippen LogP contribution in [-0.2, 0) is 29.4 Å². The summed E-state index contributed by atoms with van der Waals surface area (Å²) in [5.74, 6) is 0. The Morgan fingerprint density at radius 1 is 1.12 bits per heavy atom. The zero-order chi connectivity index (χ0) is 12.2. The molecule has 0 aromatic carbocycles. The molecule has 8 nitrogen and oxygen atoms in total. The fraction of sp³-hybridized carbons (Fsp3) is 0.667. The average molecular weight is 295 g/mol. The normalized spacial score (nSPS) is 4.94. The number of thiocyanates is 1. The van der Waals surface area contributed by atoms with Crippen LogP contribution in [0.1, 0.15) is 0 Å². The van der Waals surface area contributed by atoms with Crippen molar-refractivity contribution in [2.45, 2.75) is 0 Å². The average Bonchev–Trinajstić information content (AvgIpc) is 2.20. The Labute approximate surface area is 112 Å². The fourth-order valence-electron chi connectivity index (χ4n) is 0. The van der Waals surface area contributed by atoms with Crippen LogP contribution in [0.3, 0.4) is 0 Å². The first-order valence-electron chi connectivity index (χ1n) is 3.22. The molecule has 5 N–H and O–H groups in total. The second-order valence-electron chi connectivity index (χ2n) is 1.17. The van der Waals surface area contributed by atoms with Gasteiger partial charge in [0.2, 0.25) is 0 Å². The molecule has 0 unspecified atom stereocenters. The monoisotopic (exact) mass is 295 g/mol. The summed E-state index contributed by atoms with van der Waals surface area (Å²) in [4.78, 5) is 8.11. The first kappa shape index (κ1) is 36.1. The molecule has 0 aromatic rings. The van der Waals surface area contributed by atoms with Gasteiger partial charge in [0.15, 0.2) is 5.34 Å². The van der Waals surface area contributed by atoms with Gasteiger partial charge in [0, 0.05) is 16.8 Å². The van der Waals surface area contributed by atoms with Crippen molar-refractivity contribution in [3.05, 3.63) is 35.3 Å². The summed E-state index contributed by atoms with van der Waals surface area (Å²) < 4.78 is 0. The number of nitriles is 1. The predicted octanol–water partition coefficient (Wildman–Crippen LogP) is 2.79. The molecule has 0 aliphatic carbocycles. The van der Waals surface area contributed by atoms with Crippen LogP contribution in [0.2, 0.25) is 0 Å². The maximum Gasteiger partial charge on any atom is 0.152 e. The summed E-state index contributed by atoms with van der Waals surface area (Å²) in [6, 6.07) is 0. The van der Waals surface area contributed by atoms with Crippen LogP contribution in [0.15, 0.2) is 5.34 Å². The van der Waals surface area contributed by atoms with Gasteiger partial charge in [-0.2, -0.15) is 26.2 Å². The van der Waals surface area contributed by atoms with Crippen LogP contribution in [0.4, 0.5) is 0 Å². The molecule has 0 saturated heterocycles. The van der Waals surface area contributed by atoms with Gasteiger partial charge in [0.1, 0.15) is 0 Å². The van der Waals surface area contributed by atoms with Crippen LogP contribution in [0.25, 0.3) is 22.9 Å². The van der Waals surface area contributed by atoms with E-state index < -0.39 is 0 Å². The van der Waals surface area contributed by atoms with Crippen molar-refractivity contribution in [3.8, 4) is 5.40 Å². The number of hydrogen-bond donors (Lipinski definition) is 1. The van der Waals surface area contributed by atoms with Crippen molar-refractivity contribution in [1.82, 2.24) is 0 Å². The summed E-state index contributed by atoms with van der Waals surface area (Å²) in [6.07, 6.45) is 0. The maximum atomic E-state index is 8.11. The SMILES string of the molecule is N#C[S-].O=NO.[CH3-].[Co].[NH-]CC[NH-].[NH-]CC[NH-]. The summed E-state index contributed by atoms with van der Waals surface area (Å²) >= 11 is 3.70. The van der Waals surface area contributed by atoms with Crippen molar-refractivity contribution in [2.24, 2.45) is 5.34 Å². The van der Waals surface area contributed by atoms with E-state index in [4.69, 9.17) is 38.3 Å². The van der Waals surface area contributed by atoms with Crippen LogP contribution >= 0.6 is 0 Å². The van der Waals surface area contributed by atoms with Gasteiger partial charge in [-0.25, -0.2) is 5.26 Å². The summed E-state index contributed by atoms with van der Waals surface area (Å²) in [5.41, 5.74) is 25.1. The molecule has 103 valence electrons. The van der Waals surface area contributed by atoms with E-state index in [9.17, 15) is 0 Å². The Balaban J connectivity index is -0.0000000202. The van der Waals surface area contributed by atoms with Crippen LogP contribution in [0.5, 0.6) is 0 Å². The van der Waals surface area contributed by atoms with E-state index in [2.05, 4.69) is 12.6 Å². The molecule has 0 aromatic heterocycles. The van der Waals surface area contributed by atoms with E-state index >= 15 is 0 Å². The third-order valence-corrected chi connectivity index (χ3v) is 0.250. The van der Waals surface area contributed by atoms with Crippen molar-refractivity contribution >= 4 is 12.6 Å². The molecule has 16 heavy (non-hydrogen) atoms. The summed E-state index contributed by atoms with van der Waals surface area (Å²) in [7, 11) is 0.